The molecule has 3 heterocycles. The highest BCUT2D eigenvalue weighted by molar-refractivity contribution is 6.10. The lowest BCUT2D eigenvalue weighted by atomic mass is 9.91. The second-order valence-corrected chi connectivity index (χ2v) is 9.43. The van der Waals surface area contributed by atoms with Gasteiger partial charge in [-0.25, -0.2) is 4.39 Å². The Kier molecular flexibility index (Phi) is 4.78. The Morgan fingerprint density at radius 3 is 2.56 bits per heavy atom. The van der Waals surface area contributed by atoms with Crippen molar-refractivity contribution >= 4 is 38.5 Å². The second kappa shape index (κ2) is 7.74. The van der Waals surface area contributed by atoms with Crippen LogP contribution in [0.4, 0.5) is 10.1 Å². The lowest BCUT2D eigenvalue weighted by molar-refractivity contribution is 0.309. The summed E-state index contributed by atoms with van der Waals surface area (Å²) in [7, 11) is 3.59. The molecule has 1 saturated carbocycles. The van der Waals surface area contributed by atoms with Crippen molar-refractivity contribution < 1.29 is 9.13 Å². The molecular weight excluding hydrogens is 433 g/mol. The number of anilines is 1. The number of fused-ring (bicyclic) bond motifs is 4. The van der Waals surface area contributed by atoms with Crippen LogP contribution in [0.25, 0.3) is 32.8 Å². The van der Waals surface area contributed by atoms with Gasteiger partial charge in [-0.15, -0.1) is 0 Å². The standard InChI is InChI=1S/C26H26FN5O2/c1-30-8-10-31(11-9-30)24-20(34-2)13-18-23(22(24)27)32(16-4-3-5-16)26-21(25(18)33)17-7-6-15(14-28)12-19(17)29-26/h6-7,12-13,16,29H,3-5,8-11H2,1-2H3. The molecule has 1 aliphatic heterocycles. The minimum Gasteiger partial charge on any atom is -0.494 e. The van der Waals surface area contributed by atoms with Crippen molar-refractivity contribution in [3.05, 3.63) is 45.9 Å². The van der Waals surface area contributed by atoms with E-state index in [0.717, 1.165) is 37.7 Å². The number of rotatable bonds is 3. The lowest BCUT2D eigenvalue weighted by Gasteiger charge is -2.36. The smallest absolute Gasteiger partial charge is 0.199 e. The van der Waals surface area contributed by atoms with Gasteiger partial charge in [0, 0.05) is 43.1 Å². The van der Waals surface area contributed by atoms with E-state index in [9.17, 15) is 10.1 Å². The largest absolute Gasteiger partial charge is 0.494 e. The summed E-state index contributed by atoms with van der Waals surface area (Å²) < 4.78 is 24.1. The van der Waals surface area contributed by atoms with Crippen LogP contribution >= 0.6 is 0 Å². The van der Waals surface area contributed by atoms with E-state index in [2.05, 4.69) is 23.0 Å². The first-order valence-electron chi connectivity index (χ1n) is 11.8. The molecule has 2 aliphatic rings. The van der Waals surface area contributed by atoms with Gasteiger partial charge in [-0.05, 0) is 44.5 Å². The first-order chi connectivity index (χ1) is 16.5. The fourth-order valence-corrected chi connectivity index (χ4v) is 5.42. The van der Waals surface area contributed by atoms with Crippen LogP contribution in [0.3, 0.4) is 0 Å². The topological polar surface area (TPSA) is 77.3 Å². The molecule has 2 aromatic carbocycles. The van der Waals surface area contributed by atoms with E-state index in [1.54, 1.807) is 24.3 Å². The summed E-state index contributed by atoms with van der Waals surface area (Å²) in [4.78, 5) is 21.4. The number of piperazine rings is 1. The van der Waals surface area contributed by atoms with Crippen LogP contribution in [0.1, 0.15) is 30.9 Å². The number of nitrogens with one attached hydrogen (secondary N) is 1. The van der Waals surface area contributed by atoms with E-state index in [4.69, 9.17) is 4.74 Å². The molecule has 0 radical (unpaired) electrons. The number of ether oxygens (including phenoxy) is 1. The average Bonchev–Trinajstić information content (AvgIpc) is 3.19. The van der Waals surface area contributed by atoms with E-state index in [1.807, 2.05) is 9.47 Å². The van der Waals surface area contributed by atoms with E-state index in [1.165, 1.54) is 7.11 Å². The van der Waals surface area contributed by atoms with Gasteiger partial charge in [0.2, 0.25) is 0 Å². The molecule has 34 heavy (non-hydrogen) atoms. The van der Waals surface area contributed by atoms with E-state index < -0.39 is 5.82 Å². The molecule has 1 N–H and O–H groups in total. The maximum atomic E-state index is 16.5. The zero-order valence-corrected chi connectivity index (χ0v) is 19.3. The predicted octanol–water partition coefficient (Wildman–Crippen LogP) is 4.13. The highest BCUT2D eigenvalue weighted by Gasteiger charge is 2.31. The number of benzene rings is 2. The van der Waals surface area contributed by atoms with Crippen molar-refractivity contribution in [3.8, 4) is 11.8 Å². The van der Waals surface area contributed by atoms with Gasteiger partial charge < -0.3 is 24.1 Å². The number of pyridine rings is 1. The Morgan fingerprint density at radius 1 is 1.15 bits per heavy atom. The molecule has 1 aliphatic carbocycles. The monoisotopic (exact) mass is 459 g/mol. The molecule has 7 nitrogen and oxygen atoms in total. The minimum absolute atomic E-state index is 0.109. The van der Waals surface area contributed by atoms with Crippen LogP contribution in [0.15, 0.2) is 29.1 Å². The maximum Gasteiger partial charge on any atom is 0.199 e. The summed E-state index contributed by atoms with van der Waals surface area (Å²) in [5, 5.41) is 10.9. The number of hydrogen-bond donors (Lipinski definition) is 1. The third-order valence-corrected chi connectivity index (χ3v) is 7.52. The second-order valence-electron chi connectivity index (χ2n) is 9.43. The average molecular weight is 460 g/mol. The number of aromatic amines is 1. The molecule has 0 bridgehead atoms. The Labute approximate surface area is 195 Å². The van der Waals surface area contributed by atoms with Crippen molar-refractivity contribution in [2.24, 2.45) is 0 Å². The normalized spacial score (nSPS) is 17.4. The number of nitrogens with zero attached hydrogens (tertiary/aromatic N) is 4. The third-order valence-electron chi connectivity index (χ3n) is 7.52. The molecule has 0 atom stereocenters. The van der Waals surface area contributed by atoms with Crippen LogP contribution in [0.5, 0.6) is 5.75 Å². The first-order valence-corrected chi connectivity index (χ1v) is 11.8. The summed E-state index contributed by atoms with van der Waals surface area (Å²) in [6.45, 7) is 3.04. The van der Waals surface area contributed by atoms with Crippen molar-refractivity contribution in [1.29, 1.82) is 5.26 Å². The Balaban J connectivity index is 1.73. The molecule has 174 valence electrons. The van der Waals surface area contributed by atoms with Gasteiger partial charge in [0.05, 0.1) is 35.0 Å². The number of nitriles is 1. The van der Waals surface area contributed by atoms with Gasteiger partial charge in [-0.3, -0.25) is 4.79 Å². The summed E-state index contributed by atoms with van der Waals surface area (Å²) in [6.07, 6.45) is 2.93. The van der Waals surface area contributed by atoms with E-state index in [0.29, 0.717) is 57.5 Å². The molecule has 0 unspecified atom stereocenters. The first kappa shape index (κ1) is 21.0. The van der Waals surface area contributed by atoms with Crippen LogP contribution in [-0.2, 0) is 0 Å². The third kappa shape index (κ3) is 2.93. The Bertz CT molecular complexity index is 1550. The predicted molar refractivity (Wildman–Crippen MR) is 131 cm³/mol. The number of likely N-dealkylation sites (N-methyl/N-ethyl adjacent to an activating group) is 1. The number of halogens is 1. The molecule has 2 fully saturated rings. The number of methoxy groups -OCH3 is 1. The van der Waals surface area contributed by atoms with Gasteiger partial charge in [-0.2, -0.15) is 5.26 Å². The summed E-state index contributed by atoms with van der Waals surface area (Å²) in [5.74, 6) is -0.0149. The van der Waals surface area contributed by atoms with E-state index in [-0.39, 0.29) is 11.5 Å². The molecule has 6 rings (SSSR count). The molecule has 1 saturated heterocycles. The summed E-state index contributed by atoms with van der Waals surface area (Å²) >= 11 is 0. The Hall–Kier alpha value is -3.57. The van der Waals surface area contributed by atoms with Gasteiger partial charge >= 0.3 is 0 Å². The van der Waals surface area contributed by atoms with Crippen LogP contribution in [0, 0.1) is 17.1 Å². The van der Waals surface area contributed by atoms with Crippen molar-refractivity contribution in [3.63, 3.8) is 0 Å². The SMILES string of the molecule is COc1cc2c(=O)c3c4ccc(C#N)cc4[nH]c3n(C3CCC3)c2c(F)c1N1CCN(C)CC1. The zero-order chi connectivity index (χ0) is 23.6. The van der Waals surface area contributed by atoms with Crippen LogP contribution in [0.2, 0.25) is 0 Å². The maximum absolute atomic E-state index is 16.5. The summed E-state index contributed by atoms with van der Waals surface area (Å²) in [6, 6.07) is 9.24. The molecule has 8 heteroatoms. The van der Waals surface area contributed by atoms with Gasteiger partial charge in [-0.1, -0.05) is 6.07 Å². The van der Waals surface area contributed by atoms with Crippen LogP contribution in [-0.4, -0.2) is 54.8 Å². The molecular formula is C26H26FN5O2. The fourth-order valence-electron chi connectivity index (χ4n) is 5.42. The highest BCUT2D eigenvalue weighted by Crippen LogP contribution is 2.42. The number of H-pyrrole nitrogens is 1. The Morgan fingerprint density at radius 2 is 1.91 bits per heavy atom. The minimum atomic E-state index is -0.402. The van der Waals surface area contributed by atoms with Gasteiger partial charge in [0.1, 0.15) is 17.1 Å². The number of hydrogen-bond acceptors (Lipinski definition) is 5. The fraction of sp³-hybridized carbons (Fsp3) is 0.385. The van der Waals surface area contributed by atoms with Crippen molar-refractivity contribution in [1.82, 2.24) is 14.5 Å². The van der Waals surface area contributed by atoms with E-state index >= 15 is 4.39 Å². The van der Waals surface area contributed by atoms with Crippen molar-refractivity contribution in [2.75, 3.05) is 45.2 Å². The molecule has 2 aromatic heterocycles. The van der Waals surface area contributed by atoms with Gasteiger partial charge in [0.25, 0.3) is 0 Å². The highest BCUT2D eigenvalue weighted by atomic mass is 19.1. The molecule has 0 amide bonds. The molecule has 4 aromatic rings. The summed E-state index contributed by atoms with van der Waals surface area (Å²) in [5.41, 5.74) is 2.39. The zero-order valence-electron chi connectivity index (χ0n) is 19.3. The van der Waals surface area contributed by atoms with Gasteiger partial charge in [0.15, 0.2) is 11.2 Å². The lowest BCUT2D eigenvalue weighted by Crippen LogP contribution is -2.45. The molecule has 0 spiro atoms. The number of aromatic nitrogens is 2. The van der Waals surface area contributed by atoms with Crippen molar-refractivity contribution in [2.45, 2.75) is 25.3 Å². The quantitative estimate of drug-likeness (QED) is 0.499. The van der Waals surface area contributed by atoms with Crippen LogP contribution < -0.4 is 15.1 Å².